The van der Waals surface area contributed by atoms with E-state index in [-0.39, 0.29) is 6.04 Å². The maximum atomic E-state index is 9.55. The fourth-order valence-electron chi connectivity index (χ4n) is 2.46. The molecule has 2 aromatic heterocycles. The third-order valence-corrected chi connectivity index (χ3v) is 3.65. The SMILES string of the molecule is C=CCC(N)c1ccccc1-c1noc2ncccc12.O=C(O)/C=C\C(=O)O. The van der Waals surface area contributed by atoms with Gasteiger partial charge < -0.3 is 20.5 Å². The predicted molar refractivity (Wildman–Crippen MR) is 103 cm³/mol. The molecule has 0 radical (unpaired) electrons. The Kier molecular flexibility index (Phi) is 7.18. The number of aliphatic carboxylic acids is 2. The highest BCUT2D eigenvalue weighted by Gasteiger charge is 2.16. The highest BCUT2D eigenvalue weighted by atomic mass is 16.5. The number of benzene rings is 1. The van der Waals surface area contributed by atoms with E-state index in [0.717, 1.165) is 22.2 Å². The van der Waals surface area contributed by atoms with E-state index >= 15 is 0 Å². The summed E-state index contributed by atoms with van der Waals surface area (Å²) in [4.78, 5) is 23.3. The Balaban J connectivity index is 0.000000300. The second-order valence-corrected chi connectivity index (χ2v) is 5.62. The molecule has 3 aromatic rings. The Hall–Kier alpha value is -3.78. The Morgan fingerprint density at radius 3 is 2.46 bits per heavy atom. The number of hydrogen-bond acceptors (Lipinski definition) is 6. The zero-order chi connectivity index (χ0) is 20.5. The number of aromatic nitrogens is 2. The second kappa shape index (κ2) is 9.79. The Bertz CT molecular complexity index is 994. The second-order valence-electron chi connectivity index (χ2n) is 5.62. The van der Waals surface area contributed by atoms with Gasteiger partial charge in [-0.3, -0.25) is 0 Å². The molecule has 0 spiro atoms. The van der Waals surface area contributed by atoms with Crippen molar-refractivity contribution in [1.29, 1.82) is 0 Å². The standard InChI is InChI=1S/C16H15N3O.C4H4O4/c1-2-6-14(17)11-7-3-4-8-12(11)15-13-9-5-10-18-16(13)20-19-15;5-3(6)1-2-4(7)8/h2-5,7-10,14H,1,6,17H2;1-2H,(H,5,6)(H,7,8)/b;2-1-. The number of nitrogens with two attached hydrogens (primary N) is 1. The van der Waals surface area contributed by atoms with Crippen molar-refractivity contribution in [2.75, 3.05) is 0 Å². The minimum Gasteiger partial charge on any atom is -0.478 e. The van der Waals surface area contributed by atoms with Crippen LogP contribution in [0.5, 0.6) is 0 Å². The van der Waals surface area contributed by atoms with Crippen molar-refractivity contribution in [3.8, 4) is 11.3 Å². The summed E-state index contributed by atoms with van der Waals surface area (Å²) < 4.78 is 5.28. The van der Waals surface area contributed by atoms with Gasteiger partial charge in [-0.2, -0.15) is 0 Å². The molecule has 0 saturated heterocycles. The Labute approximate surface area is 160 Å². The molecule has 0 saturated carbocycles. The maximum Gasteiger partial charge on any atom is 0.328 e. The Morgan fingerprint density at radius 1 is 1.14 bits per heavy atom. The van der Waals surface area contributed by atoms with Crippen LogP contribution in [0.1, 0.15) is 18.0 Å². The fourth-order valence-corrected chi connectivity index (χ4v) is 2.46. The number of pyridine rings is 1. The summed E-state index contributed by atoms with van der Waals surface area (Å²) in [5, 5.41) is 20.7. The molecule has 0 bridgehead atoms. The normalized spacial score (nSPS) is 11.6. The van der Waals surface area contributed by atoms with Crippen LogP contribution in [0.15, 0.2) is 71.9 Å². The van der Waals surface area contributed by atoms with Crippen LogP contribution in [0.2, 0.25) is 0 Å². The smallest absolute Gasteiger partial charge is 0.328 e. The van der Waals surface area contributed by atoms with Gasteiger partial charge in [0.2, 0.25) is 0 Å². The van der Waals surface area contributed by atoms with Gasteiger partial charge in [0, 0.05) is 30.0 Å². The molecule has 2 heterocycles. The van der Waals surface area contributed by atoms with Crippen LogP contribution < -0.4 is 5.73 Å². The van der Waals surface area contributed by atoms with Gasteiger partial charge in [0.15, 0.2) is 0 Å². The van der Waals surface area contributed by atoms with Gasteiger partial charge in [0.05, 0.1) is 5.39 Å². The van der Waals surface area contributed by atoms with Crippen molar-refractivity contribution in [1.82, 2.24) is 10.1 Å². The molecule has 1 aromatic carbocycles. The highest BCUT2D eigenvalue weighted by Crippen LogP contribution is 2.32. The molecule has 8 nitrogen and oxygen atoms in total. The van der Waals surface area contributed by atoms with E-state index in [0.29, 0.717) is 24.3 Å². The Morgan fingerprint density at radius 2 is 1.82 bits per heavy atom. The molecule has 1 atom stereocenters. The molecule has 144 valence electrons. The van der Waals surface area contributed by atoms with Gasteiger partial charge in [0.25, 0.3) is 5.71 Å². The number of hydrogen-bond donors (Lipinski definition) is 3. The number of carboxylic acid groups (broad SMARTS) is 2. The molecule has 0 aliphatic rings. The summed E-state index contributed by atoms with van der Waals surface area (Å²) in [5.74, 6) is -2.51. The van der Waals surface area contributed by atoms with Crippen molar-refractivity contribution >= 4 is 23.0 Å². The van der Waals surface area contributed by atoms with Crippen LogP contribution in [0.25, 0.3) is 22.4 Å². The zero-order valence-corrected chi connectivity index (χ0v) is 14.9. The number of carboxylic acids is 2. The monoisotopic (exact) mass is 381 g/mol. The summed E-state index contributed by atoms with van der Waals surface area (Å²) in [7, 11) is 0. The van der Waals surface area contributed by atoms with E-state index < -0.39 is 11.9 Å². The van der Waals surface area contributed by atoms with E-state index in [9.17, 15) is 9.59 Å². The number of carbonyl (C=O) groups is 2. The van der Waals surface area contributed by atoms with Crippen LogP contribution in [0.4, 0.5) is 0 Å². The maximum absolute atomic E-state index is 9.55. The molecule has 4 N–H and O–H groups in total. The van der Waals surface area contributed by atoms with Gasteiger partial charge in [-0.25, -0.2) is 14.6 Å². The minimum atomic E-state index is -1.26. The molecule has 0 amide bonds. The predicted octanol–water partition coefficient (Wildman–Crippen LogP) is 3.18. The third-order valence-electron chi connectivity index (χ3n) is 3.65. The quantitative estimate of drug-likeness (QED) is 0.437. The third kappa shape index (κ3) is 5.36. The van der Waals surface area contributed by atoms with Crippen molar-refractivity contribution in [2.45, 2.75) is 12.5 Å². The molecule has 3 rings (SSSR count). The average Bonchev–Trinajstić information content (AvgIpc) is 3.11. The first-order valence-electron chi connectivity index (χ1n) is 8.24. The molecule has 28 heavy (non-hydrogen) atoms. The van der Waals surface area contributed by atoms with Gasteiger partial charge in [-0.15, -0.1) is 6.58 Å². The first-order valence-corrected chi connectivity index (χ1v) is 8.24. The van der Waals surface area contributed by atoms with Crippen LogP contribution in [-0.2, 0) is 9.59 Å². The van der Waals surface area contributed by atoms with Gasteiger partial charge in [-0.05, 0) is 24.1 Å². The topological polar surface area (TPSA) is 140 Å². The first-order chi connectivity index (χ1) is 13.4. The van der Waals surface area contributed by atoms with E-state index in [1.807, 2.05) is 42.5 Å². The van der Waals surface area contributed by atoms with Crippen LogP contribution in [0.3, 0.4) is 0 Å². The number of rotatable bonds is 6. The summed E-state index contributed by atoms with van der Waals surface area (Å²) in [5.41, 5.74) is 9.54. The lowest BCUT2D eigenvalue weighted by molar-refractivity contribution is -0.134. The molecular formula is C20H19N3O5. The summed E-state index contributed by atoms with van der Waals surface area (Å²) in [6.45, 7) is 3.74. The lowest BCUT2D eigenvalue weighted by Gasteiger charge is -2.13. The van der Waals surface area contributed by atoms with Gasteiger partial charge >= 0.3 is 11.9 Å². The minimum absolute atomic E-state index is 0.105. The number of nitrogens with zero attached hydrogens (tertiary/aromatic N) is 2. The number of fused-ring (bicyclic) bond motifs is 1. The summed E-state index contributed by atoms with van der Waals surface area (Å²) in [6, 6.07) is 11.7. The fraction of sp³-hybridized carbons (Fsp3) is 0.100. The van der Waals surface area contributed by atoms with Crippen molar-refractivity contribution in [2.24, 2.45) is 5.73 Å². The molecule has 8 heteroatoms. The van der Waals surface area contributed by atoms with E-state index in [1.165, 1.54) is 0 Å². The summed E-state index contributed by atoms with van der Waals surface area (Å²) in [6.07, 6.45) is 5.34. The highest BCUT2D eigenvalue weighted by molar-refractivity contribution is 5.90. The average molecular weight is 381 g/mol. The van der Waals surface area contributed by atoms with Crippen LogP contribution in [0, 0.1) is 0 Å². The van der Waals surface area contributed by atoms with E-state index in [1.54, 1.807) is 6.20 Å². The van der Waals surface area contributed by atoms with Gasteiger partial charge in [-0.1, -0.05) is 35.5 Å². The zero-order valence-electron chi connectivity index (χ0n) is 14.9. The lowest BCUT2D eigenvalue weighted by Crippen LogP contribution is -2.10. The molecule has 0 aliphatic heterocycles. The molecule has 1 unspecified atom stereocenters. The summed E-state index contributed by atoms with van der Waals surface area (Å²) >= 11 is 0. The molecule has 0 aliphatic carbocycles. The van der Waals surface area contributed by atoms with E-state index in [4.69, 9.17) is 20.5 Å². The van der Waals surface area contributed by atoms with Gasteiger partial charge in [0.1, 0.15) is 5.69 Å². The van der Waals surface area contributed by atoms with Crippen molar-refractivity contribution in [3.63, 3.8) is 0 Å². The van der Waals surface area contributed by atoms with Crippen LogP contribution in [-0.4, -0.2) is 32.3 Å². The van der Waals surface area contributed by atoms with Crippen molar-refractivity contribution < 1.29 is 24.3 Å². The van der Waals surface area contributed by atoms with E-state index in [2.05, 4.69) is 16.7 Å². The largest absolute Gasteiger partial charge is 0.478 e. The molecular weight excluding hydrogens is 362 g/mol. The van der Waals surface area contributed by atoms with Crippen molar-refractivity contribution in [3.05, 3.63) is 73.0 Å². The molecule has 0 fully saturated rings. The van der Waals surface area contributed by atoms with Crippen LogP contribution >= 0.6 is 0 Å². The lowest BCUT2D eigenvalue weighted by atomic mass is 9.95. The first kappa shape index (κ1) is 20.5.